The molecule has 0 saturated carbocycles. The van der Waals surface area contributed by atoms with E-state index in [2.05, 4.69) is 48.5 Å². The summed E-state index contributed by atoms with van der Waals surface area (Å²) in [5, 5.41) is 0. The summed E-state index contributed by atoms with van der Waals surface area (Å²) in [4.78, 5) is 11.4. The third kappa shape index (κ3) is 2.54. The Morgan fingerprint density at radius 1 is 1.14 bits per heavy atom. The van der Waals surface area contributed by atoms with Gasteiger partial charge < -0.3 is 9.47 Å². The lowest BCUT2D eigenvalue weighted by Crippen LogP contribution is -2.41. The lowest BCUT2D eigenvalue weighted by molar-refractivity contribution is -0.131. The van der Waals surface area contributed by atoms with Crippen molar-refractivity contribution in [2.24, 2.45) is 0 Å². The normalized spacial score (nSPS) is 18.9. The molecule has 0 bridgehead atoms. The van der Waals surface area contributed by atoms with E-state index in [0.717, 1.165) is 16.9 Å². The van der Waals surface area contributed by atoms with Gasteiger partial charge in [-0.15, -0.1) is 0 Å². The average Bonchev–Trinajstić information content (AvgIpc) is 2.43. The number of benzene rings is 1. The number of carbonyl (C=O) groups excluding carboxylic acids is 1. The molecule has 116 valence electrons. The number of rotatable bonds is 1. The smallest absolute Gasteiger partial charge is 0.308 e. The summed E-state index contributed by atoms with van der Waals surface area (Å²) in [6.45, 7) is 16.3. The van der Waals surface area contributed by atoms with Crippen molar-refractivity contribution >= 4 is 5.97 Å². The van der Waals surface area contributed by atoms with Gasteiger partial charge in [0.05, 0.1) is 0 Å². The van der Waals surface area contributed by atoms with Crippen molar-refractivity contribution in [3.8, 4) is 11.5 Å². The Hall–Kier alpha value is -1.51. The van der Waals surface area contributed by atoms with Gasteiger partial charge in [0.15, 0.2) is 0 Å². The minimum atomic E-state index is -0.295. The van der Waals surface area contributed by atoms with Gasteiger partial charge in [-0.2, -0.15) is 0 Å². The van der Waals surface area contributed by atoms with Crippen LogP contribution in [0.4, 0.5) is 0 Å². The zero-order valence-corrected chi connectivity index (χ0v) is 14.4. The van der Waals surface area contributed by atoms with Crippen LogP contribution in [0.3, 0.4) is 0 Å². The average molecular weight is 290 g/mol. The Morgan fingerprint density at radius 2 is 1.71 bits per heavy atom. The number of esters is 1. The fourth-order valence-corrected chi connectivity index (χ4v) is 2.68. The largest absolute Gasteiger partial charge is 0.487 e. The molecule has 0 radical (unpaired) electrons. The van der Waals surface area contributed by atoms with Gasteiger partial charge in [-0.1, -0.05) is 34.6 Å². The van der Waals surface area contributed by atoms with Gasteiger partial charge in [0.2, 0.25) is 0 Å². The maximum Gasteiger partial charge on any atom is 0.308 e. The molecule has 0 saturated heterocycles. The van der Waals surface area contributed by atoms with Crippen molar-refractivity contribution < 1.29 is 14.3 Å². The van der Waals surface area contributed by atoms with E-state index in [1.807, 2.05) is 12.1 Å². The molecule has 0 atom stereocenters. The topological polar surface area (TPSA) is 35.5 Å². The standard InChI is InChI=1S/C18H26O3/c1-11(19)20-14-10-13-15(9-12(14)16(2,3)4)21-18(7,8)17(13,5)6/h9-10H,1-8H3. The van der Waals surface area contributed by atoms with Crippen LogP contribution in [-0.2, 0) is 15.6 Å². The van der Waals surface area contributed by atoms with Crippen LogP contribution in [0.25, 0.3) is 0 Å². The van der Waals surface area contributed by atoms with Crippen molar-refractivity contribution in [1.82, 2.24) is 0 Å². The highest BCUT2D eigenvalue weighted by atomic mass is 16.5. The van der Waals surface area contributed by atoms with Crippen molar-refractivity contribution in [1.29, 1.82) is 0 Å². The molecule has 1 aromatic rings. The Morgan fingerprint density at radius 3 is 2.19 bits per heavy atom. The van der Waals surface area contributed by atoms with Crippen LogP contribution in [0.1, 0.15) is 66.5 Å². The fourth-order valence-electron chi connectivity index (χ4n) is 2.68. The molecule has 0 N–H and O–H groups in total. The monoisotopic (exact) mass is 290 g/mol. The minimum absolute atomic E-state index is 0.125. The Bertz CT molecular complexity index is 589. The molecular weight excluding hydrogens is 264 g/mol. The predicted molar refractivity (Wildman–Crippen MR) is 84.2 cm³/mol. The van der Waals surface area contributed by atoms with Crippen LogP contribution in [0, 0.1) is 0 Å². The maximum absolute atomic E-state index is 11.4. The zero-order valence-electron chi connectivity index (χ0n) is 14.4. The molecule has 2 rings (SSSR count). The Kier molecular flexibility index (Phi) is 3.39. The first kappa shape index (κ1) is 15.9. The SMILES string of the molecule is CC(=O)Oc1cc2c(cc1C(C)(C)C)OC(C)(C)C2(C)C. The van der Waals surface area contributed by atoms with Gasteiger partial charge >= 0.3 is 5.97 Å². The molecule has 0 aromatic heterocycles. The molecule has 0 fully saturated rings. The molecule has 1 aliphatic rings. The van der Waals surface area contributed by atoms with E-state index in [1.54, 1.807) is 0 Å². The van der Waals surface area contributed by atoms with E-state index in [0.29, 0.717) is 5.75 Å². The number of carbonyl (C=O) groups is 1. The lowest BCUT2D eigenvalue weighted by Gasteiger charge is -2.33. The maximum atomic E-state index is 11.4. The van der Waals surface area contributed by atoms with Gasteiger partial charge in [-0.25, -0.2) is 0 Å². The quantitative estimate of drug-likeness (QED) is 0.569. The number of hydrogen-bond acceptors (Lipinski definition) is 3. The summed E-state index contributed by atoms with van der Waals surface area (Å²) in [6.07, 6.45) is 0. The Balaban J connectivity index is 2.67. The van der Waals surface area contributed by atoms with Crippen molar-refractivity contribution in [3.05, 3.63) is 23.3 Å². The first-order valence-electron chi connectivity index (χ1n) is 7.43. The van der Waals surface area contributed by atoms with Crippen LogP contribution >= 0.6 is 0 Å². The molecular formula is C18H26O3. The van der Waals surface area contributed by atoms with Crippen LogP contribution in [0.15, 0.2) is 12.1 Å². The van der Waals surface area contributed by atoms with Gasteiger partial charge in [-0.3, -0.25) is 4.79 Å². The number of hydrogen-bond donors (Lipinski definition) is 0. The van der Waals surface area contributed by atoms with Gasteiger partial charge in [0.25, 0.3) is 0 Å². The molecule has 3 heteroatoms. The molecule has 1 aliphatic heterocycles. The third-order valence-electron chi connectivity index (χ3n) is 4.69. The fraction of sp³-hybridized carbons (Fsp3) is 0.611. The van der Waals surface area contributed by atoms with E-state index in [4.69, 9.17) is 9.47 Å². The molecule has 0 amide bonds. The second-order valence-corrected chi connectivity index (χ2v) is 7.93. The van der Waals surface area contributed by atoms with Crippen LogP contribution in [0.2, 0.25) is 0 Å². The van der Waals surface area contributed by atoms with E-state index in [1.165, 1.54) is 6.92 Å². The van der Waals surface area contributed by atoms with E-state index in [-0.39, 0.29) is 22.4 Å². The first-order chi connectivity index (χ1) is 9.36. The molecule has 1 heterocycles. The molecule has 0 unspecified atom stereocenters. The van der Waals surface area contributed by atoms with E-state index in [9.17, 15) is 4.79 Å². The van der Waals surface area contributed by atoms with Crippen molar-refractivity contribution in [2.75, 3.05) is 0 Å². The lowest BCUT2D eigenvalue weighted by atomic mass is 9.73. The molecule has 0 aliphatic carbocycles. The minimum Gasteiger partial charge on any atom is -0.487 e. The summed E-state index contributed by atoms with van der Waals surface area (Å²) >= 11 is 0. The highest BCUT2D eigenvalue weighted by Crippen LogP contribution is 2.51. The van der Waals surface area contributed by atoms with Crippen LogP contribution < -0.4 is 9.47 Å². The Labute approximate surface area is 127 Å². The molecule has 0 spiro atoms. The summed E-state index contributed by atoms with van der Waals surface area (Å²) in [5.41, 5.74) is 1.52. The summed E-state index contributed by atoms with van der Waals surface area (Å²) in [5.74, 6) is 1.24. The predicted octanol–water partition coefficient (Wildman–Crippen LogP) is 4.36. The second kappa shape index (κ2) is 4.49. The third-order valence-corrected chi connectivity index (χ3v) is 4.69. The summed E-state index contributed by atoms with van der Waals surface area (Å²) < 4.78 is 11.6. The number of fused-ring (bicyclic) bond motifs is 1. The second-order valence-electron chi connectivity index (χ2n) is 7.93. The van der Waals surface area contributed by atoms with Crippen molar-refractivity contribution in [2.45, 2.75) is 71.8 Å². The van der Waals surface area contributed by atoms with E-state index < -0.39 is 0 Å². The molecule has 1 aromatic carbocycles. The molecule has 3 nitrogen and oxygen atoms in total. The highest BCUT2D eigenvalue weighted by Gasteiger charge is 2.48. The van der Waals surface area contributed by atoms with Gasteiger partial charge in [0, 0.05) is 23.5 Å². The summed E-state index contributed by atoms with van der Waals surface area (Å²) in [6, 6.07) is 4.01. The highest BCUT2D eigenvalue weighted by molar-refractivity contribution is 5.71. The first-order valence-corrected chi connectivity index (χ1v) is 7.43. The van der Waals surface area contributed by atoms with Gasteiger partial charge in [-0.05, 0) is 31.4 Å². The zero-order chi connectivity index (χ0) is 16.2. The van der Waals surface area contributed by atoms with Gasteiger partial charge in [0.1, 0.15) is 17.1 Å². The van der Waals surface area contributed by atoms with E-state index >= 15 is 0 Å². The summed E-state index contributed by atoms with van der Waals surface area (Å²) in [7, 11) is 0. The van der Waals surface area contributed by atoms with Crippen LogP contribution in [0.5, 0.6) is 11.5 Å². The van der Waals surface area contributed by atoms with Crippen LogP contribution in [-0.4, -0.2) is 11.6 Å². The molecule has 21 heavy (non-hydrogen) atoms. The number of ether oxygens (including phenoxy) is 2. The van der Waals surface area contributed by atoms with Crippen molar-refractivity contribution in [3.63, 3.8) is 0 Å².